The lowest BCUT2D eigenvalue weighted by Gasteiger charge is -2.36. The van der Waals surface area contributed by atoms with Crippen molar-refractivity contribution in [2.45, 2.75) is 26.4 Å². The molecule has 0 radical (unpaired) electrons. The quantitative estimate of drug-likeness (QED) is 0.474. The highest BCUT2D eigenvalue weighted by Gasteiger charge is 2.27. The minimum atomic E-state index is -0.196. The molecule has 1 aliphatic rings. The van der Waals surface area contributed by atoms with Crippen LogP contribution >= 0.6 is 0 Å². The molecule has 6 nitrogen and oxygen atoms in total. The fourth-order valence-electron chi connectivity index (χ4n) is 4.21. The van der Waals surface area contributed by atoms with E-state index in [0.29, 0.717) is 31.9 Å². The van der Waals surface area contributed by atoms with E-state index in [-0.39, 0.29) is 30.9 Å². The van der Waals surface area contributed by atoms with Gasteiger partial charge in [-0.25, -0.2) is 0 Å². The van der Waals surface area contributed by atoms with Gasteiger partial charge in [0.25, 0.3) is 0 Å². The van der Waals surface area contributed by atoms with Gasteiger partial charge in [0.05, 0.1) is 12.5 Å². The number of carbonyl (C=O) groups excluding carboxylic acids is 2. The monoisotopic (exact) mass is 472 g/mol. The van der Waals surface area contributed by atoms with E-state index < -0.39 is 0 Å². The Morgan fingerprint density at radius 2 is 1.54 bits per heavy atom. The van der Waals surface area contributed by atoms with E-state index in [2.05, 4.69) is 6.07 Å². The van der Waals surface area contributed by atoms with Gasteiger partial charge in [-0.15, -0.1) is 0 Å². The summed E-state index contributed by atoms with van der Waals surface area (Å²) in [6, 6.07) is 25.3. The Bertz CT molecular complexity index is 1140. The van der Waals surface area contributed by atoms with Gasteiger partial charge in [-0.1, -0.05) is 66.2 Å². The molecule has 0 aliphatic carbocycles. The topological polar surface area (TPSA) is 59.1 Å². The number of benzene rings is 3. The van der Waals surface area contributed by atoms with Crippen LogP contribution in [0, 0.1) is 6.92 Å². The van der Waals surface area contributed by atoms with E-state index in [1.807, 2.05) is 91.5 Å². The molecule has 1 unspecified atom stereocenters. The fraction of sp³-hybridized carbons (Fsp3) is 0.310. The predicted octanol–water partition coefficient (Wildman–Crippen LogP) is 4.78. The molecule has 1 atom stereocenters. The van der Waals surface area contributed by atoms with Gasteiger partial charge >= 0.3 is 0 Å². The normalized spacial score (nSPS) is 14.5. The van der Waals surface area contributed by atoms with Crippen molar-refractivity contribution in [1.29, 1.82) is 0 Å². The molecule has 2 amide bonds. The zero-order valence-corrected chi connectivity index (χ0v) is 20.4. The number of amides is 2. The Morgan fingerprint density at radius 3 is 2.29 bits per heavy atom. The number of hydrogen-bond acceptors (Lipinski definition) is 4. The van der Waals surface area contributed by atoms with E-state index in [4.69, 9.17) is 9.47 Å². The van der Waals surface area contributed by atoms with Gasteiger partial charge in [-0.2, -0.15) is 0 Å². The van der Waals surface area contributed by atoms with Gasteiger partial charge < -0.3 is 19.3 Å². The average Bonchev–Trinajstić information content (AvgIpc) is 2.89. The summed E-state index contributed by atoms with van der Waals surface area (Å²) in [6.07, 6.45) is 0. The van der Waals surface area contributed by atoms with Crippen LogP contribution in [0.4, 0.5) is 0 Å². The van der Waals surface area contributed by atoms with Crippen LogP contribution in [-0.2, 0) is 20.9 Å². The molecule has 0 aromatic heterocycles. The van der Waals surface area contributed by atoms with Crippen molar-refractivity contribution in [3.05, 3.63) is 95.6 Å². The second kappa shape index (κ2) is 11.7. The molecule has 182 valence electrons. The van der Waals surface area contributed by atoms with Crippen LogP contribution in [0.15, 0.2) is 78.9 Å². The van der Waals surface area contributed by atoms with Crippen molar-refractivity contribution in [2.24, 2.45) is 0 Å². The molecular weight excluding hydrogens is 440 g/mol. The summed E-state index contributed by atoms with van der Waals surface area (Å²) in [6.45, 7) is 6.35. The molecular formula is C29H32N2O4. The van der Waals surface area contributed by atoms with Crippen molar-refractivity contribution < 1.29 is 19.1 Å². The number of nitrogens with zero attached hydrogens (tertiary/aromatic N) is 2. The predicted molar refractivity (Wildman–Crippen MR) is 135 cm³/mol. The minimum absolute atomic E-state index is 0.00663. The molecule has 6 heteroatoms. The van der Waals surface area contributed by atoms with Gasteiger partial charge in [0.1, 0.15) is 18.1 Å². The third kappa shape index (κ3) is 6.49. The molecule has 4 rings (SSSR count). The second-order valence-electron chi connectivity index (χ2n) is 8.86. The smallest absolute Gasteiger partial charge is 0.248 e. The SMILES string of the molecule is Cc1cccc(C(C)C(=O)N2CCN(C(=O)COCc3ccccc3Oc3ccccc3)CC2)c1. The van der Waals surface area contributed by atoms with Gasteiger partial charge in [-0.05, 0) is 37.6 Å². The average molecular weight is 473 g/mol. The van der Waals surface area contributed by atoms with Crippen LogP contribution in [-0.4, -0.2) is 54.4 Å². The van der Waals surface area contributed by atoms with Crippen molar-refractivity contribution in [3.63, 3.8) is 0 Å². The van der Waals surface area contributed by atoms with E-state index in [1.165, 1.54) is 0 Å². The first-order valence-electron chi connectivity index (χ1n) is 12.0. The number of carbonyl (C=O) groups is 2. The standard InChI is InChI=1S/C29H32N2O4/c1-22-9-8-11-24(19-22)23(2)29(33)31-17-15-30(16-18-31)28(32)21-34-20-25-10-6-7-14-27(25)35-26-12-4-3-5-13-26/h3-14,19,23H,15-18,20-21H2,1-2H3. The molecule has 1 fully saturated rings. The van der Waals surface area contributed by atoms with Gasteiger partial charge in [0.2, 0.25) is 11.8 Å². The first kappa shape index (κ1) is 24.5. The number of aryl methyl sites for hydroxylation is 1. The summed E-state index contributed by atoms with van der Waals surface area (Å²) >= 11 is 0. The van der Waals surface area contributed by atoms with Crippen LogP contribution in [0.5, 0.6) is 11.5 Å². The van der Waals surface area contributed by atoms with Crippen molar-refractivity contribution >= 4 is 11.8 Å². The molecule has 1 heterocycles. The number of ether oxygens (including phenoxy) is 2. The number of hydrogen-bond donors (Lipinski definition) is 0. The second-order valence-corrected chi connectivity index (χ2v) is 8.86. The maximum absolute atomic E-state index is 13.0. The molecule has 1 saturated heterocycles. The Hall–Kier alpha value is -3.64. The lowest BCUT2D eigenvalue weighted by atomic mass is 9.98. The third-order valence-corrected chi connectivity index (χ3v) is 6.28. The van der Waals surface area contributed by atoms with Crippen molar-refractivity contribution in [1.82, 2.24) is 9.80 Å². The summed E-state index contributed by atoms with van der Waals surface area (Å²) < 4.78 is 11.7. The lowest BCUT2D eigenvalue weighted by Crippen LogP contribution is -2.52. The summed E-state index contributed by atoms with van der Waals surface area (Å²) in [5.74, 6) is 1.30. The zero-order chi connectivity index (χ0) is 24.6. The van der Waals surface area contributed by atoms with E-state index in [9.17, 15) is 9.59 Å². The summed E-state index contributed by atoms with van der Waals surface area (Å²) in [5.41, 5.74) is 3.05. The first-order valence-corrected chi connectivity index (χ1v) is 12.0. The van der Waals surface area contributed by atoms with Gasteiger partial charge in [0.15, 0.2) is 0 Å². The molecule has 35 heavy (non-hydrogen) atoms. The first-order chi connectivity index (χ1) is 17.0. The number of piperazine rings is 1. The largest absolute Gasteiger partial charge is 0.457 e. The van der Waals surface area contributed by atoms with Crippen LogP contribution in [0.1, 0.15) is 29.5 Å². The molecule has 0 N–H and O–H groups in total. The van der Waals surface area contributed by atoms with Crippen molar-refractivity contribution in [3.8, 4) is 11.5 Å². The maximum atomic E-state index is 13.0. The maximum Gasteiger partial charge on any atom is 0.248 e. The van der Waals surface area contributed by atoms with E-state index >= 15 is 0 Å². The van der Waals surface area contributed by atoms with Crippen LogP contribution in [0.3, 0.4) is 0 Å². The molecule has 0 bridgehead atoms. The van der Waals surface area contributed by atoms with Crippen LogP contribution < -0.4 is 4.74 Å². The Kier molecular flexibility index (Phi) is 8.16. The highest BCUT2D eigenvalue weighted by molar-refractivity contribution is 5.84. The highest BCUT2D eigenvalue weighted by Crippen LogP contribution is 2.25. The molecule has 1 aliphatic heterocycles. The van der Waals surface area contributed by atoms with Crippen LogP contribution in [0.2, 0.25) is 0 Å². The molecule has 3 aromatic carbocycles. The molecule has 0 saturated carbocycles. The Balaban J connectivity index is 1.24. The summed E-state index contributed by atoms with van der Waals surface area (Å²) in [4.78, 5) is 29.3. The molecule has 3 aromatic rings. The van der Waals surface area contributed by atoms with Crippen molar-refractivity contribution in [2.75, 3.05) is 32.8 Å². The Labute approximate surface area is 207 Å². The summed E-state index contributed by atoms with van der Waals surface area (Å²) in [7, 11) is 0. The highest BCUT2D eigenvalue weighted by atomic mass is 16.5. The molecule has 0 spiro atoms. The number of rotatable bonds is 8. The lowest BCUT2D eigenvalue weighted by molar-refractivity contribution is -0.143. The third-order valence-electron chi connectivity index (χ3n) is 6.28. The fourth-order valence-corrected chi connectivity index (χ4v) is 4.21. The van der Waals surface area contributed by atoms with Gasteiger partial charge in [-0.3, -0.25) is 9.59 Å². The van der Waals surface area contributed by atoms with Crippen LogP contribution in [0.25, 0.3) is 0 Å². The zero-order valence-electron chi connectivity index (χ0n) is 20.4. The van der Waals surface area contributed by atoms with E-state index in [0.717, 1.165) is 22.4 Å². The summed E-state index contributed by atoms with van der Waals surface area (Å²) in [5, 5.41) is 0. The van der Waals surface area contributed by atoms with E-state index in [1.54, 1.807) is 4.90 Å². The van der Waals surface area contributed by atoms with Gasteiger partial charge in [0, 0.05) is 31.7 Å². The minimum Gasteiger partial charge on any atom is -0.457 e. The number of para-hydroxylation sites is 2. The Morgan fingerprint density at radius 1 is 0.857 bits per heavy atom.